The van der Waals surface area contributed by atoms with Gasteiger partial charge in [-0.1, -0.05) is 0 Å². The van der Waals surface area contributed by atoms with E-state index in [1.54, 1.807) is 0 Å². The molecule has 0 aromatic heterocycles. The molecule has 1 saturated carbocycles. The van der Waals surface area contributed by atoms with Gasteiger partial charge in [0, 0.05) is 30.7 Å². The SMILES string of the molecule is O=C1CCC(C(=O)NC2CCC(Oc3cc(F)cc(F)c3)CC2)N1. The van der Waals surface area contributed by atoms with Crippen molar-refractivity contribution < 1.29 is 23.1 Å². The number of nitrogens with one attached hydrogen (secondary N) is 2. The molecule has 2 aliphatic rings. The highest BCUT2D eigenvalue weighted by atomic mass is 19.1. The van der Waals surface area contributed by atoms with E-state index in [0.29, 0.717) is 25.7 Å². The molecule has 1 atom stereocenters. The lowest BCUT2D eigenvalue weighted by Gasteiger charge is -2.30. The van der Waals surface area contributed by atoms with Gasteiger partial charge in [-0.2, -0.15) is 0 Å². The maximum Gasteiger partial charge on any atom is 0.242 e. The fourth-order valence-corrected chi connectivity index (χ4v) is 3.23. The lowest BCUT2D eigenvalue weighted by Crippen LogP contribution is -2.47. The molecule has 1 aliphatic heterocycles. The van der Waals surface area contributed by atoms with Crippen LogP contribution in [0, 0.1) is 11.6 Å². The first-order valence-corrected chi connectivity index (χ1v) is 8.22. The molecule has 2 N–H and O–H groups in total. The molecule has 2 fully saturated rings. The van der Waals surface area contributed by atoms with Gasteiger partial charge in [0.15, 0.2) is 0 Å². The third-order valence-electron chi connectivity index (χ3n) is 4.47. The number of amides is 2. The first kappa shape index (κ1) is 16.7. The highest BCUT2D eigenvalue weighted by Gasteiger charge is 2.30. The average molecular weight is 338 g/mol. The maximum atomic E-state index is 13.2. The van der Waals surface area contributed by atoms with Crippen molar-refractivity contribution in [2.75, 3.05) is 0 Å². The van der Waals surface area contributed by atoms with Gasteiger partial charge >= 0.3 is 0 Å². The molecule has 5 nitrogen and oxygen atoms in total. The normalized spacial score (nSPS) is 26.8. The molecular weight excluding hydrogens is 318 g/mol. The summed E-state index contributed by atoms with van der Waals surface area (Å²) in [6, 6.07) is 2.75. The first-order chi connectivity index (χ1) is 11.5. The lowest BCUT2D eigenvalue weighted by molar-refractivity contribution is -0.126. The number of ether oxygens (including phenoxy) is 1. The Kier molecular flexibility index (Phi) is 4.97. The fraction of sp³-hybridized carbons (Fsp3) is 0.529. The zero-order valence-corrected chi connectivity index (χ0v) is 13.2. The number of carbonyl (C=O) groups excluding carboxylic acids is 2. The molecule has 0 bridgehead atoms. The smallest absolute Gasteiger partial charge is 0.242 e. The fourth-order valence-electron chi connectivity index (χ4n) is 3.23. The van der Waals surface area contributed by atoms with Gasteiger partial charge < -0.3 is 15.4 Å². The van der Waals surface area contributed by atoms with Gasteiger partial charge in [-0.3, -0.25) is 9.59 Å². The average Bonchev–Trinajstić information content (AvgIpc) is 2.95. The first-order valence-electron chi connectivity index (χ1n) is 8.22. The van der Waals surface area contributed by atoms with E-state index in [-0.39, 0.29) is 29.7 Å². The Balaban J connectivity index is 1.45. The summed E-state index contributed by atoms with van der Waals surface area (Å²) in [6.07, 6.45) is 3.66. The Labute approximate surface area is 138 Å². The number of carbonyl (C=O) groups is 2. The summed E-state index contributed by atoms with van der Waals surface area (Å²) in [5.74, 6) is -1.37. The Morgan fingerprint density at radius 3 is 2.33 bits per heavy atom. The van der Waals surface area contributed by atoms with Gasteiger partial charge in [-0.05, 0) is 32.1 Å². The summed E-state index contributed by atoms with van der Waals surface area (Å²) in [6.45, 7) is 0. The van der Waals surface area contributed by atoms with Crippen LogP contribution in [0.2, 0.25) is 0 Å². The van der Waals surface area contributed by atoms with Crippen LogP contribution < -0.4 is 15.4 Å². The van der Waals surface area contributed by atoms with Gasteiger partial charge in [0.1, 0.15) is 23.4 Å². The van der Waals surface area contributed by atoms with Crippen molar-refractivity contribution in [1.29, 1.82) is 0 Å². The monoisotopic (exact) mass is 338 g/mol. The quantitative estimate of drug-likeness (QED) is 0.883. The molecule has 130 valence electrons. The second-order valence-electron chi connectivity index (χ2n) is 6.36. The largest absolute Gasteiger partial charge is 0.490 e. The molecule has 1 aliphatic carbocycles. The van der Waals surface area contributed by atoms with Gasteiger partial charge in [-0.15, -0.1) is 0 Å². The van der Waals surface area contributed by atoms with Crippen LogP contribution in [0.3, 0.4) is 0 Å². The van der Waals surface area contributed by atoms with Gasteiger partial charge in [0.05, 0.1) is 6.10 Å². The zero-order valence-electron chi connectivity index (χ0n) is 13.2. The van der Waals surface area contributed by atoms with E-state index in [1.807, 2.05) is 0 Å². The van der Waals surface area contributed by atoms with Gasteiger partial charge in [0.25, 0.3) is 0 Å². The maximum absolute atomic E-state index is 13.2. The topological polar surface area (TPSA) is 67.4 Å². The van der Waals surface area contributed by atoms with E-state index in [1.165, 1.54) is 12.1 Å². The van der Waals surface area contributed by atoms with Crippen molar-refractivity contribution in [3.8, 4) is 5.75 Å². The summed E-state index contributed by atoms with van der Waals surface area (Å²) in [5, 5.41) is 5.60. The molecule has 1 heterocycles. The molecule has 0 spiro atoms. The number of halogens is 2. The number of hydrogen-bond acceptors (Lipinski definition) is 3. The van der Waals surface area contributed by atoms with Crippen molar-refractivity contribution in [3.63, 3.8) is 0 Å². The highest BCUT2D eigenvalue weighted by Crippen LogP contribution is 2.25. The second kappa shape index (κ2) is 7.15. The summed E-state index contributed by atoms with van der Waals surface area (Å²) in [7, 11) is 0. The van der Waals surface area contributed by atoms with E-state index in [2.05, 4.69) is 10.6 Å². The van der Waals surface area contributed by atoms with Crippen LogP contribution in [0.4, 0.5) is 8.78 Å². The Morgan fingerprint density at radius 1 is 1.08 bits per heavy atom. The van der Waals surface area contributed by atoms with Crippen LogP contribution in [0.25, 0.3) is 0 Å². The standard InChI is InChI=1S/C17H20F2N2O3/c18-10-7-11(19)9-14(8-10)24-13-3-1-12(2-4-13)20-17(23)15-5-6-16(22)21-15/h7-9,12-13,15H,1-6H2,(H,20,23)(H,21,22). The van der Waals surface area contributed by atoms with E-state index in [0.717, 1.165) is 18.9 Å². The predicted octanol–water partition coefficient (Wildman–Crippen LogP) is 2.05. The third kappa shape index (κ3) is 4.21. The lowest BCUT2D eigenvalue weighted by atomic mass is 9.92. The van der Waals surface area contributed by atoms with Crippen LogP contribution in [-0.4, -0.2) is 30.0 Å². The van der Waals surface area contributed by atoms with Crippen molar-refractivity contribution >= 4 is 11.8 Å². The summed E-state index contributed by atoms with van der Waals surface area (Å²) in [4.78, 5) is 23.2. The molecule has 1 aromatic rings. The van der Waals surface area contributed by atoms with Crippen molar-refractivity contribution in [1.82, 2.24) is 10.6 Å². The van der Waals surface area contributed by atoms with E-state index in [4.69, 9.17) is 4.74 Å². The Hall–Kier alpha value is -2.18. The molecule has 7 heteroatoms. The van der Waals surface area contributed by atoms with Crippen LogP contribution >= 0.6 is 0 Å². The van der Waals surface area contributed by atoms with Crippen molar-refractivity contribution in [3.05, 3.63) is 29.8 Å². The number of benzene rings is 1. The molecule has 3 rings (SSSR count). The van der Waals surface area contributed by atoms with E-state index < -0.39 is 17.7 Å². The third-order valence-corrected chi connectivity index (χ3v) is 4.47. The Bertz CT molecular complexity index is 610. The predicted molar refractivity (Wildman–Crippen MR) is 82.3 cm³/mol. The molecule has 24 heavy (non-hydrogen) atoms. The van der Waals surface area contributed by atoms with Crippen LogP contribution in [0.15, 0.2) is 18.2 Å². The Morgan fingerprint density at radius 2 is 1.75 bits per heavy atom. The van der Waals surface area contributed by atoms with Gasteiger partial charge in [-0.25, -0.2) is 8.78 Å². The van der Waals surface area contributed by atoms with Crippen LogP contribution in [0.5, 0.6) is 5.75 Å². The molecule has 1 aromatic carbocycles. The van der Waals surface area contributed by atoms with Crippen molar-refractivity contribution in [2.24, 2.45) is 0 Å². The van der Waals surface area contributed by atoms with E-state index >= 15 is 0 Å². The minimum atomic E-state index is -0.662. The molecule has 1 saturated heterocycles. The number of hydrogen-bond donors (Lipinski definition) is 2. The molecule has 2 amide bonds. The van der Waals surface area contributed by atoms with Gasteiger partial charge in [0.2, 0.25) is 11.8 Å². The second-order valence-corrected chi connectivity index (χ2v) is 6.36. The molecule has 1 unspecified atom stereocenters. The molecule has 0 radical (unpaired) electrons. The van der Waals surface area contributed by atoms with Crippen LogP contribution in [-0.2, 0) is 9.59 Å². The minimum absolute atomic E-state index is 0.0408. The summed E-state index contributed by atoms with van der Waals surface area (Å²) >= 11 is 0. The van der Waals surface area contributed by atoms with Crippen LogP contribution in [0.1, 0.15) is 38.5 Å². The zero-order chi connectivity index (χ0) is 17.1. The highest BCUT2D eigenvalue weighted by molar-refractivity contribution is 5.90. The summed E-state index contributed by atoms with van der Waals surface area (Å²) < 4.78 is 32.0. The molecular formula is C17H20F2N2O3. The minimum Gasteiger partial charge on any atom is -0.490 e. The summed E-state index contributed by atoms with van der Waals surface area (Å²) in [5.41, 5.74) is 0. The van der Waals surface area contributed by atoms with E-state index in [9.17, 15) is 18.4 Å². The van der Waals surface area contributed by atoms with Crippen molar-refractivity contribution in [2.45, 2.75) is 56.7 Å². The number of rotatable bonds is 4.